The molecule has 8 heteroatoms. The summed E-state index contributed by atoms with van der Waals surface area (Å²) in [4.78, 5) is 5.44. The lowest BCUT2D eigenvalue weighted by atomic mass is 10.0. The Morgan fingerprint density at radius 3 is 2.67 bits per heavy atom. The van der Waals surface area contributed by atoms with E-state index >= 15 is 0 Å². The maximum atomic E-state index is 6.30. The monoisotopic (exact) mass is 379 g/mol. The van der Waals surface area contributed by atoms with E-state index in [-0.39, 0.29) is 0 Å². The minimum atomic E-state index is 0.409. The molecule has 2 fully saturated rings. The molecule has 0 aliphatic heterocycles. The summed E-state index contributed by atoms with van der Waals surface area (Å²) in [6.45, 7) is 0. The first-order valence-electron chi connectivity index (χ1n) is 7.89. The summed E-state index contributed by atoms with van der Waals surface area (Å²) >= 11 is 14.0. The molecule has 2 aliphatic carbocycles. The van der Waals surface area contributed by atoms with Gasteiger partial charge in [0, 0.05) is 17.5 Å². The number of fused-ring (bicyclic) bond motifs is 2. The Bertz CT molecular complexity index is 953. The van der Waals surface area contributed by atoms with Crippen molar-refractivity contribution < 1.29 is 0 Å². The number of nitrogens with zero attached hydrogens (tertiary/aromatic N) is 3. The van der Waals surface area contributed by atoms with Gasteiger partial charge in [-0.05, 0) is 30.7 Å². The van der Waals surface area contributed by atoms with Crippen LogP contribution in [-0.4, -0.2) is 20.6 Å². The maximum Gasteiger partial charge on any atom is 0.214 e. The SMILES string of the molecule is Nc1c(-c2cccc(Cl)c2Cl)nc2sc(C3C[C@@H]4C(N)[C@@H]4C3)nn12. The molecule has 2 unspecified atom stereocenters. The van der Waals surface area contributed by atoms with E-state index in [1.807, 2.05) is 12.1 Å². The fourth-order valence-corrected chi connectivity index (χ4v) is 5.34. The molecule has 2 aliphatic rings. The average molecular weight is 380 g/mol. The molecule has 24 heavy (non-hydrogen) atoms. The lowest BCUT2D eigenvalue weighted by Crippen LogP contribution is -2.10. The molecule has 5 rings (SSSR count). The summed E-state index contributed by atoms with van der Waals surface area (Å²) < 4.78 is 1.72. The Hall–Kier alpha value is -1.34. The summed E-state index contributed by atoms with van der Waals surface area (Å²) in [6, 6.07) is 5.86. The zero-order valence-electron chi connectivity index (χ0n) is 12.6. The highest BCUT2D eigenvalue weighted by Gasteiger charge is 2.54. The van der Waals surface area contributed by atoms with Crippen LogP contribution in [-0.2, 0) is 0 Å². The molecule has 2 saturated carbocycles. The number of imidazole rings is 1. The van der Waals surface area contributed by atoms with Crippen LogP contribution in [0.3, 0.4) is 0 Å². The minimum absolute atomic E-state index is 0.409. The summed E-state index contributed by atoms with van der Waals surface area (Å²) in [5.41, 5.74) is 13.7. The van der Waals surface area contributed by atoms with Crippen molar-refractivity contribution in [1.29, 1.82) is 0 Å². The second-order valence-electron chi connectivity index (χ2n) is 6.66. The molecule has 5 nitrogen and oxygen atoms in total. The van der Waals surface area contributed by atoms with Gasteiger partial charge in [0.15, 0.2) is 5.82 Å². The van der Waals surface area contributed by atoms with Crippen molar-refractivity contribution in [2.24, 2.45) is 17.6 Å². The summed E-state index contributed by atoms with van der Waals surface area (Å²) in [5, 5.41) is 6.75. The minimum Gasteiger partial charge on any atom is -0.382 e. The van der Waals surface area contributed by atoms with Crippen LogP contribution in [0, 0.1) is 11.8 Å². The normalized spacial score (nSPS) is 28.5. The second kappa shape index (κ2) is 5.08. The standard InChI is InChI=1S/C16H15Cl2N5S/c17-10-3-1-2-7(11(10)18)13-14(20)23-16(21-13)24-15(22-23)6-4-8-9(5-6)12(8)19/h1-3,6,8-9,12H,4-5,19-20H2/t6?,8-,9+,12?. The van der Waals surface area contributed by atoms with Gasteiger partial charge in [0.25, 0.3) is 0 Å². The molecule has 4 N–H and O–H groups in total. The second-order valence-corrected chi connectivity index (χ2v) is 8.43. The molecule has 124 valence electrons. The van der Waals surface area contributed by atoms with Crippen LogP contribution in [0.1, 0.15) is 23.8 Å². The fraction of sp³-hybridized carbons (Fsp3) is 0.375. The van der Waals surface area contributed by atoms with Crippen LogP contribution in [0.2, 0.25) is 10.0 Å². The zero-order valence-corrected chi connectivity index (χ0v) is 14.9. The van der Waals surface area contributed by atoms with E-state index in [1.54, 1.807) is 21.9 Å². The Kier molecular flexibility index (Phi) is 3.17. The Morgan fingerprint density at radius 2 is 1.96 bits per heavy atom. The predicted octanol–water partition coefficient (Wildman–Crippen LogP) is 3.80. The molecule has 0 saturated heterocycles. The largest absolute Gasteiger partial charge is 0.382 e. The highest BCUT2D eigenvalue weighted by atomic mass is 35.5. The number of hydrogen-bond donors (Lipinski definition) is 2. The van der Waals surface area contributed by atoms with E-state index in [1.165, 1.54) is 0 Å². The first-order valence-corrected chi connectivity index (χ1v) is 9.46. The third-order valence-corrected chi connectivity index (χ3v) is 7.21. The Labute approximate surface area is 152 Å². The molecule has 2 heterocycles. The molecule has 4 atom stereocenters. The molecule has 0 radical (unpaired) electrons. The highest BCUT2D eigenvalue weighted by molar-refractivity contribution is 7.16. The van der Waals surface area contributed by atoms with Gasteiger partial charge in [-0.2, -0.15) is 9.61 Å². The molecule has 0 spiro atoms. The van der Waals surface area contributed by atoms with Crippen LogP contribution in [0.5, 0.6) is 0 Å². The molecular formula is C16H15Cl2N5S. The van der Waals surface area contributed by atoms with E-state index < -0.39 is 0 Å². The van der Waals surface area contributed by atoms with Gasteiger partial charge in [-0.3, -0.25) is 0 Å². The average Bonchev–Trinajstić information content (AvgIpc) is 3.00. The van der Waals surface area contributed by atoms with Crippen molar-refractivity contribution in [3.8, 4) is 11.3 Å². The van der Waals surface area contributed by atoms with Crippen molar-refractivity contribution in [2.75, 3.05) is 5.73 Å². The van der Waals surface area contributed by atoms with Gasteiger partial charge in [-0.15, -0.1) is 0 Å². The lowest BCUT2D eigenvalue weighted by Gasteiger charge is -2.08. The van der Waals surface area contributed by atoms with E-state index in [0.29, 0.717) is 45.4 Å². The maximum absolute atomic E-state index is 6.30. The lowest BCUT2D eigenvalue weighted by molar-refractivity contribution is 0.580. The third-order valence-electron chi connectivity index (χ3n) is 5.32. The van der Waals surface area contributed by atoms with E-state index in [4.69, 9.17) is 39.8 Å². The Morgan fingerprint density at radius 1 is 1.21 bits per heavy atom. The number of rotatable bonds is 2. The van der Waals surface area contributed by atoms with E-state index in [2.05, 4.69) is 4.98 Å². The molecule has 0 amide bonds. The summed E-state index contributed by atoms with van der Waals surface area (Å²) in [7, 11) is 0. The van der Waals surface area contributed by atoms with Gasteiger partial charge in [0.1, 0.15) is 10.7 Å². The van der Waals surface area contributed by atoms with Crippen LogP contribution in [0.15, 0.2) is 18.2 Å². The summed E-state index contributed by atoms with van der Waals surface area (Å²) in [6.07, 6.45) is 2.27. The van der Waals surface area contributed by atoms with Crippen molar-refractivity contribution in [2.45, 2.75) is 24.8 Å². The number of aromatic nitrogens is 3. The molecule has 1 aromatic carbocycles. The smallest absolute Gasteiger partial charge is 0.214 e. The van der Waals surface area contributed by atoms with Crippen LogP contribution in [0.25, 0.3) is 16.2 Å². The third kappa shape index (κ3) is 2.03. The van der Waals surface area contributed by atoms with Crippen molar-refractivity contribution in [3.05, 3.63) is 33.3 Å². The summed E-state index contributed by atoms with van der Waals surface area (Å²) in [5.74, 6) is 2.36. The van der Waals surface area contributed by atoms with Crippen LogP contribution in [0.4, 0.5) is 5.82 Å². The number of halogens is 2. The topological polar surface area (TPSA) is 82.2 Å². The molecule has 0 bridgehead atoms. The van der Waals surface area contributed by atoms with Crippen molar-refractivity contribution in [3.63, 3.8) is 0 Å². The van der Waals surface area contributed by atoms with Gasteiger partial charge < -0.3 is 11.5 Å². The number of benzene rings is 1. The first-order chi connectivity index (χ1) is 11.5. The van der Waals surface area contributed by atoms with E-state index in [0.717, 1.165) is 28.4 Å². The quantitative estimate of drug-likeness (QED) is 0.709. The van der Waals surface area contributed by atoms with Gasteiger partial charge in [-0.25, -0.2) is 4.98 Å². The van der Waals surface area contributed by atoms with Crippen molar-refractivity contribution in [1.82, 2.24) is 14.6 Å². The van der Waals surface area contributed by atoms with Crippen molar-refractivity contribution >= 4 is 45.3 Å². The highest BCUT2D eigenvalue weighted by Crippen LogP contribution is 2.57. The first kappa shape index (κ1) is 15.0. The van der Waals surface area contributed by atoms with Gasteiger partial charge in [0.05, 0.1) is 10.0 Å². The van der Waals surface area contributed by atoms with Gasteiger partial charge in [-0.1, -0.05) is 46.7 Å². The van der Waals surface area contributed by atoms with Gasteiger partial charge >= 0.3 is 0 Å². The molecule has 2 aromatic heterocycles. The number of anilines is 1. The van der Waals surface area contributed by atoms with Crippen LogP contribution >= 0.6 is 34.5 Å². The Balaban J connectivity index is 1.53. The zero-order chi connectivity index (χ0) is 16.6. The van der Waals surface area contributed by atoms with Gasteiger partial charge in [0.2, 0.25) is 4.96 Å². The number of hydrogen-bond acceptors (Lipinski definition) is 5. The predicted molar refractivity (Wildman–Crippen MR) is 97.7 cm³/mol. The fourth-order valence-electron chi connectivity index (χ4n) is 3.92. The van der Waals surface area contributed by atoms with E-state index in [9.17, 15) is 0 Å². The van der Waals surface area contributed by atoms with Crippen LogP contribution < -0.4 is 11.5 Å². The number of nitrogen functional groups attached to an aromatic ring is 1. The number of nitrogens with two attached hydrogens (primary N) is 2. The molecular weight excluding hydrogens is 365 g/mol. The molecule has 3 aromatic rings.